The van der Waals surface area contributed by atoms with Crippen LogP contribution in [0.25, 0.3) is 0 Å². The summed E-state index contributed by atoms with van der Waals surface area (Å²) in [6.45, 7) is 1.13. The maximum atomic E-state index is 12.6. The van der Waals surface area contributed by atoms with Gasteiger partial charge >= 0.3 is 0 Å². The molecule has 0 amide bonds. The van der Waals surface area contributed by atoms with Gasteiger partial charge in [0, 0.05) is 30.9 Å². The van der Waals surface area contributed by atoms with Crippen LogP contribution >= 0.6 is 10.7 Å². The lowest BCUT2D eigenvalue weighted by Crippen LogP contribution is -2.30. The minimum atomic E-state index is -4.13. The number of sulfonamides is 1. The third-order valence-electron chi connectivity index (χ3n) is 3.38. The van der Waals surface area contributed by atoms with Crippen molar-refractivity contribution in [2.45, 2.75) is 16.2 Å². The molecular weight excluding hydrogens is 338 g/mol. The Hall–Kier alpha value is -0.670. The molecule has 1 fully saturated rings. The van der Waals surface area contributed by atoms with Crippen LogP contribution in [0.1, 0.15) is 6.42 Å². The average molecular weight is 354 g/mol. The molecule has 118 valence electrons. The van der Waals surface area contributed by atoms with Gasteiger partial charge in [0.1, 0.15) is 9.79 Å². The van der Waals surface area contributed by atoms with Crippen molar-refractivity contribution in [3.05, 3.63) is 24.3 Å². The standard InChI is InChI=1S/C12H16ClNO5S2/c1-19-9-10-6-7-14(8-10)21(17,18)12-5-3-2-4-11(12)20(13,15)16/h2-5,10H,6-9H2,1H3. The lowest BCUT2D eigenvalue weighted by molar-refractivity contribution is 0.157. The van der Waals surface area contributed by atoms with Gasteiger partial charge in [-0.2, -0.15) is 4.31 Å². The van der Waals surface area contributed by atoms with Gasteiger partial charge < -0.3 is 4.74 Å². The number of ether oxygens (including phenoxy) is 1. The molecule has 1 atom stereocenters. The molecule has 1 saturated heterocycles. The van der Waals surface area contributed by atoms with E-state index in [-0.39, 0.29) is 15.7 Å². The van der Waals surface area contributed by atoms with Gasteiger partial charge in [-0.1, -0.05) is 12.1 Å². The molecule has 0 aliphatic carbocycles. The molecule has 1 aromatic rings. The SMILES string of the molecule is COCC1CCN(S(=O)(=O)c2ccccc2S(=O)(=O)Cl)C1. The van der Waals surface area contributed by atoms with Gasteiger partial charge in [0.25, 0.3) is 9.05 Å². The van der Waals surface area contributed by atoms with E-state index in [1.807, 2.05) is 0 Å². The number of hydrogen-bond acceptors (Lipinski definition) is 5. The first-order valence-corrected chi connectivity index (χ1v) is 10.0. The van der Waals surface area contributed by atoms with Crippen molar-refractivity contribution in [1.29, 1.82) is 0 Å². The van der Waals surface area contributed by atoms with E-state index in [2.05, 4.69) is 0 Å². The number of halogens is 1. The fourth-order valence-electron chi connectivity index (χ4n) is 2.39. The number of benzene rings is 1. The van der Waals surface area contributed by atoms with Gasteiger partial charge in [-0.15, -0.1) is 0 Å². The maximum absolute atomic E-state index is 12.6. The third-order valence-corrected chi connectivity index (χ3v) is 6.81. The van der Waals surface area contributed by atoms with Crippen molar-refractivity contribution >= 4 is 29.8 Å². The van der Waals surface area contributed by atoms with Crippen LogP contribution in [0.3, 0.4) is 0 Å². The summed E-state index contributed by atoms with van der Waals surface area (Å²) >= 11 is 0. The van der Waals surface area contributed by atoms with Crippen molar-refractivity contribution in [3.8, 4) is 0 Å². The van der Waals surface area contributed by atoms with Crippen molar-refractivity contribution < 1.29 is 21.6 Å². The number of nitrogens with zero attached hydrogens (tertiary/aromatic N) is 1. The first kappa shape index (κ1) is 16.7. The molecule has 0 bridgehead atoms. The van der Waals surface area contributed by atoms with Gasteiger partial charge in [-0.05, 0) is 24.5 Å². The smallest absolute Gasteiger partial charge is 0.262 e. The molecule has 9 heteroatoms. The fraction of sp³-hybridized carbons (Fsp3) is 0.500. The summed E-state index contributed by atoms with van der Waals surface area (Å²) < 4.78 is 54.6. The van der Waals surface area contributed by atoms with E-state index in [0.717, 1.165) is 0 Å². The predicted molar refractivity (Wildman–Crippen MR) is 78.2 cm³/mol. The van der Waals surface area contributed by atoms with E-state index < -0.39 is 19.1 Å². The molecule has 0 radical (unpaired) electrons. The molecular formula is C12H16ClNO5S2. The highest BCUT2D eigenvalue weighted by Crippen LogP contribution is 2.30. The summed E-state index contributed by atoms with van der Waals surface area (Å²) in [7, 11) is -1.13. The zero-order valence-corrected chi connectivity index (χ0v) is 13.8. The second-order valence-electron chi connectivity index (χ2n) is 4.86. The van der Waals surface area contributed by atoms with E-state index in [1.54, 1.807) is 7.11 Å². The maximum Gasteiger partial charge on any atom is 0.262 e. The molecule has 1 aliphatic heterocycles. The molecule has 0 aromatic heterocycles. The number of rotatable bonds is 5. The molecule has 21 heavy (non-hydrogen) atoms. The molecule has 2 rings (SSSR count). The van der Waals surface area contributed by atoms with Crippen LogP contribution < -0.4 is 0 Å². The van der Waals surface area contributed by atoms with Crippen molar-refractivity contribution in [2.75, 3.05) is 26.8 Å². The van der Waals surface area contributed by atoms with Crippen LogP contribution in [0.4, 0.5) is 0 Å². The highest BCUT2D eigenvalue weighted by atomic mass is 35.7. The Balaban J connectivity index is 2.38. The second-order valence-corrected chi connectivity index (χ2v) is 9.30. The Morgan fingerprint density at radius 2 is 1.86 bits per heavy atom. The Labute approximate surface area is 129 Å². The van der Waals surface area contributed by atoms with Crippen LogP contribution in [0.2, 0.25) is 0 Å². The zero-order chi connectivity index (χ0) is 15.7. The van der Waals surface area contributed by atoms with Crippen molar-refractivity contribution in [3.63, 3.8) is 0 Å². The van der Waals surface area contributed by atoms with E-state index in [4.69, 9.17) is 15.4 Å². The summed E-state index contributed by atoms with van der Waals surface area (Å²) in [5.41, 5.74) is 0. The lowest BCUT2D eigenvalue weighted by atomic mass is 10.1. The zero-order valence-electron chi connectivity index (χ0n) is 11.4. The average Bonchev–Trinajstić information content (AvgIpc) is 2.87. The first-order valence-electron chi connectivity index (χ1n) is 6.29. The van der Waals surface area contributed by atoms with E-state index in [0.29, 0.717) is 26.1 Å². The van der Waals surface area contributed by atoms with Gasteiger partial charge in [-0.3, -0.25) is 0 Å². The largest absolute Gasteiger partial charge is 0.384 e. The second kappa shape index (κ2) is 6.21. The number of hydrogen-bond donors (Lipinski definition) is 0. The fourth-order valence-corrected chi connectivity index (χ4v) is 5.73. The molecule has 0 saturated carbocycles. The van der Waals surface area contributed by atoms with Crippen molar-refractivity contribution in [1.82, 2.24) is 4.31 Å². The van der Waals surface area contributed by atoms with Gasteiger partial charge in [0.05, 0.1) is 6.61 Å². The van der Waals surface area contributed by atoms with Crippen molar-refractivity contribution in [2.24, 2.45) is 5.92 Å². The van der Waals surface area contributed by atoms with Crippen LogP contribution in [0.5, 0.6) is 0 Å². The Morgan fingerprint density at radius 3 is 2.43 bits per heavy atom. The summed E-state index contributed by atoms with van der Waals surface area (Å²) in [5, 5.41) is 0. The lowest BCUT2D eigenvalue weighted by Gasteiger charge is -2.18. The summed E-state index contributed by atoms with van der Waals surface area (Å²) in [4.78, 5) is -0.667. The normalized spacial score (nSPS) is 20.8. The van der Waals surface area contributed by atoms with Crippen LogP contribution in [-0.4, -0.2) is 47.9 Å². The third kappa shape index (κ3) is 3.57. The summed E-state index contributed by atoms with van der Waals surface area (Å²) in [6, 6.07) is 5.36. The molecule has 1 unspecified atom stereocenters. The monoisotopic (exact) mass is 353 g/mol. The van der Waals surface area contributed by atoms with E-state index in [9.17, 15) is 16.8 Å². The van der Waals surface area contributed by atoms with E-state index >= 15 is 0 Å². The van der Waals surface area contributed by atoms with Crippen LogP contribution in [0, 0.1) is 5.92 Å². The Bertz CT molecular complexity index is 717. The molecule has 1 heterocycles. The topological polar surface area (TPSA) is 80.8 Å². The molecule has 0 spiro atoms. The Kier molecular flexibility index (Phi) is 4.94. The summed E-state index contributed by atoms with van der Waals surface area (Å²) in [6.07, 6.45) is 0.683. The molecule has 0 N–H and O–H groups in total. The molecule has 1 aromatic carbocycles. The quantitative estimate of drug-likeness (QED) is 0.745. The van der Waals surface area contributed by atoms with Crippen LogP contribution in [0.15, 0.2) is 34.1 Å². The number of methoxy groups -OCH3 is 1. The van der Waals surface area contributed by atoms with Crippen LogP contribution in [-0.2, 0) is 23.8 Å². The minimum absolute atomic E-state index is 0.115. The first-order chi connectivity index (χ1) is 9.76. The van der Waals surface area contributed by atoms with Gasteiger partial charge in [-0.25, -0.2) is 16.8 Å². The molecule has 1 aliphatic rings. The van der Waals surface area contributed by atoms with Gasteiger partial charge in [0.15, 0.2) is 0 Å². The van der Waals surface area contributed by atoms with Gasteiger partial charge in [0.2, 0.25) is 10.0 Å². The highest BCUT2D eigenvalue weighted by Gasteiger charge is 2.35. The highest BCUT2D eigenvalue weighted by molar-refractivity contribution is 8.14. The van der Waals surface area contributed by atoms with E-state index in [1.165, 1.54) is 28.6 Å². The molecule has 6 nitrogen and oxygen atoms in total. The minimum Gasteiger partial charge on any atom is -0.384 e. The predicted octanol–water partition coefficient (Wildman–Crippen LogP) is 1.27. The summed E-state index contributed by atoms with van der Waals surface area (Å²) in [5.74, 6) is 0.115. The Morgan fingerprint density at radius 1 is 1.24 bits per heavy atom.